The van der Waals surface area contributed by atoms with Crippen molar-refractivity contribution >= 4 is 29.4 Å². The summed E-state index contributed by atoms with van der Waals surface area (Å²) in [6, 6.07) is 21.2. The van der Waals surface area contributed by atoms with Gasteiger partial charge in [0, 0.05) is 22.9 Å². The number of hydrogen-bond donors (Lipinski definition) is 1. The number of hydrogen-bond acceptors (Lipinski definition) is 7. The number of H-pyrrole nitrogens is 1. The number of benzene rings is 3. The van der Waals surface area contributed by atoms with Gasteiger partial charge in [-0.15, -0.1) is 5.10 Å². The Labute approximate surface area is 213 Å². The highest BCUT2D eigenvalue weighted by molar-refractivity contribution is 7.99. The predicted molar refractivity (Wildman–Crippen MR) is 140 cm³/mol. The van der Waals surface area contributed by atoms with Gasteiger partial charge in [-0.25, -0.2) is 9.78 Å². The first-order valence-electron chi connectivity index (χ1n) is 11.6. The Balaban J connectivity index is 1.11. The molecule has 0 aliphatic carbocycles. The van der Waals surface area contributed by atoms with Crippen molar-refractivity contribution in [2.75, 3.05) is 19.5 Å². The Morgan fingerprint density at radius 1 is 1.06 bits per heavy atom. The van der Waals surface area contributed by atoms with Crippen molar-refractivity contribution in [3.63, 3.8) is 0 Å². The molecule has 36 heavy (non-hydrogen) atoms. The van der Waals surface area contributed by atoms with E-state index in [2.05, 4.69) is 34.2 Å². The molecule has 0 amide bonds. The van der Waals surface area contributed by atoms with Crippen molar-refractivity contribution in [1.82, 2.24) is 15.2 Å². The van der Waals surface area contributed by atoms with Crippen molar-refractivity contribution in [2.45, 2.75) is 18.5 Å². The van der Waals surface area contributed by atoms with Gasteiger partial charge in [-0.1, -0.05) is 47.7 Å². The molecule has 0 unspecified atom stereocenters. The van der Waals surface area contributed by atoms with E-state index in [1.165, 1.54) is 5.56 Å². The second-order valence-corrected chi connectivity index (χ2v) is 9.33. The number of aryl methyl sites for hydroxylation is 1. The number of aromatic nitrogens is 3. The van der Waals surface area contributed by atoms with Gasteiger partial charge in [0.15, 0.2) is 5.82 Å². The summed E-state index contributed by atoms with van der Waals surface area (Å²) < 4.78 is 16.4. The molecule has 2 heterocycles. The Kier molecular flexibility index (Phi) is 7.04. The van der Waals surface area contributed by atoms with Crippen LogP contribution in [0.1, 0.15) is 23.1 Å². The molecule has 3 aromatic carbocycles. The minimum atomic E-state index is -0.367. The Morgan fingerprint density at radius 2 is 1.89 bits per heavy atom. The summed E-state index contributed by atoms with van der Waals surface area (Å²) in [5, 5.41) is 8.04. The van der Waals surface area contributed by atoms with Crippen LogP contribution in [-0.4, -0.2) is 40.6 Å². The molecule has 0 atom stereocenters. The van der Waals surface area contributed by atoms with Crippen LogP contribution < -0.4 is 14.2 Å². The highest BCUT2D eigenvalue weighted by Crippen LogP contribution is 2.37. The largest absolute Gasteiger partial charge is 0.497 e. The lowest BCUT2D eigenvalue weighted by molar-refractivity contribution is -0.126. The van der Waals surface area contributed by atoms with E-state index in [0.717, 1.165) is 45.6 Å². The predicted octanol–water partition coefficient (Wildman–Crippen LogP) is 5.81. The molecule has 1 aromatic heterocycles. The first-order valence-corrected chi connectivity index (χ1v) is 12.5. The molecule has 0 saturated carbocycles. The van der Waals surface area contributed by atoms with Crippen molar-refractivity contribution in [1.29, 1.82) is 0 Å². The van der Waals surface area contributed by atoms with Gasteiger partial charge in [-0.05, 0) is 55.3 Å². The third kappa shape index (κ3) is 5.44. The lowest BCUT2D eigenvalue weighted by Crippen LogP contribution is -2.00. The second kappa shape index (κ2) is 10.7. The van der Waals surface area contributed by atoms with Crippen molar-refractivity contribution in [3.8, 4) is 28.6 Å². The summed E-state index contributed by atoms with van der Waals surface area (Å²) in [5.74, 6) is 3.20. The van der Waals surface area contributed by atoms with Gasteiger partial charge in [0.2, 0.25) is 5.16 Å². The number of fused-ring (bicyclic) bond motifs is 1. The van der Waals surface area contributed by atoms with Crippen LogP contribution in [0.5, 0.6) is 17.2 Å². The first-order chi connectivity index (χ1) is 17.6. The molecule has 5 rings (SSSR count). The Morgan fingerprint density at radius 3 is 2.69 bits per heavy atom. The SMILES string of the molecule is COc1ccc2c(c1)OC(=O)/C2=C/c1ccc(OCCCSc2n[nH]c(-c3cccc(C)c3)n2)cc1. The average Bonchev–Trinajstić information content (AvgIpc) is 3.48. The van der Waals surface area contributed by atoms with Crippen LogP contribution in [0.25, 0.3) is 23.0 Å². The highest BCUT2D eigenvalue weighted by Gasteiger charge is 2.27. The first kappa shape index (κ1) is 23.7. The molecule has 0 radical (unpaired) electrons. The van der Waals surface area contributed by atoms with Crippen LogP contribution in [-0.2, 0) is 4.79 Å². The molecule has 0 bridgehead atoms. The van der Waals surface area contributed by atoms with E-state index in [1.807, 2.05) is 54.6 Å². The summed E-state index contributed by atoms with van der Waals surface area (Å²) in [6.07, 6.45) is 2.68. The zero-order valence-corrected chi connectivity index (χ0v) is 20.8. The fraction of sp³-hybridized carbons (Fsp3) is 0.179. The van der Waals surface area contributed by atoms with E-state index in [1.54, 1.807) is 24.9 Å². The van der Waals surface area contributed by atoms with Gasteiger partial charge in [0.25, 0.3) is 0 Å². The molecule has 182 valence electrons. The lowest BCUT2D eigenvalue weighted by Gasteiger charge is -2.06. The van der Waals surface area contributed by atoms with Crippen LogP contribution in [0, 0.1) is 6.92 Å². The van der Waals surface area contributed by atoms with E-state index < -0.39 is 0 Å². The standard InChI is InChI=1S/C28H25N3O4S/c1-18-5-3-6-20(15-18)26-29-28(31-30-26)36-14-4-13-34-21-9-7-19(8-10-21)16-24-23-12-11-22(33-2)17-25(23)35-27(24)32/h3,5-12,15-17H,4,13-14H2,1-2H3,(H,29,30,31)/b24-16+. The van der Waals surface area contributed by atoms with E-state index in [9.17, 15) is 4.79 Å². The maximum absolute atomic E-state index is 12.3. The number of carbonyl (C=O) groups is 1. The van der Waals surface area contributed by atoms with Crippen molar-refractivity contribution in [2.24, 2.45) is 0 Å². The molecule has 4 aromatic rings. The van der Waals surface area contributed by atoms with Crippen molar-refractivity contribution < 1.29 is 19.0 Å². The molecule has 7 nitrogen and oxygen atoms in total. The molecule has 0 spiro atoms. The summed E-state index contributed by atoms with van der Waals surface area (Å²) in [6.45, 7) is 2.65. The number of nitrogens with zero attached hydrogens (tertiary/aromatic N) is 2. The van der Waals surface area contributed by atoms with Gasteiger partial charge in [0.05, 0.1) is 19.3 Å². The van der Waals surface area contributed by atoms with E-state index in [4.69, 9.17) is 14.2 Å². The normalized spacial score (nSPS) is 13.5. The van der Waals surface area contributed by atoms with Gasteiger partial charge in [-0.2, -0.15) is 0 Å². The minimum absolute atomic E-state index is 0.367. The van der Waals surface area contributed by atoms with Crippen LogP contribution in [0.3, 0.4) is 0 Å². The maximum Gasteiger partial charge on any atom is 0.344 e. The van der Waals surface area contributed by atoms with Gasteiger partial charge in [-0.3, -0.25) is 5.10 Å². The third-order valence-corrected chi connectivity index (χ3v) is 6.57. The molecular weight excluding hydrogens is 474 g/mol. The molecular formula is C28H25N3O4S. The number of aromatic amines is 1. The molecule has 8 heteroatoms. The lowest BCUT2D eigenvalue weighted by atomic mass is 10.0. The van der Waals surface area contributed by atoms with E-state index >= 15 is 0 Å². The van der Waals surface area contributed by atoms with E-state index in [0.29, 0.717) is 23.7 Å². The van der Waals surface area contributed by atoms with Gasteiger partial charge < -0.3 is 14.2 Å². The number of ether oxygens (including phenoxy) is 3. The fourth-order valence-corrected chi connectivity index (χ4v) is 4.52. The molecule has 0 saturated heterocycles. The summed E-state index contributed by atoms with van der Waals surface area (Å²) >= 11 is 1.60. The fourth-order valence-electron chi connectivity index (χ4n) is 3.81. The van der Waals surface area contributed by atoms with Crippen LogP contribution >= 0.6 is 11.8 Å². The van der Waals surface area contributed by atoms with Gasteiger partial charge >= 0.3 is 5.97 Å². The molecule has 1 N–H and O–H groups in total. The minimum Gasteiger partial charge on any atom is -0.497 e. The number of methoxy groups -OCH3 is 1. The summed E-state index contributed by atoms with van der Waals surface area (Å²) in [7, 11) is 1.58. The number of nitrogens with one attached hydrogen (secondary N) is 1. The van der Waals surface area contributed by atoms with Crippen LogP contribution in [0.2, 0.25) is 0 Å². The summed E-state index contributed by atoms with van der Waals surface area (Å²) in [4.78, 5) is 16.9. The smallest absolute Gasteiger partial charge is 0.344 e. The topological polar surface area (TPSA) is 86.3 Å². The van der Waals surface area contributed by atoms with Crippen molar-refractivity contribution in [3.05, 3.63) is 83.4 Å². The second-order valence-electron chi connectivity index (χ2n) is 8.27. The zero-order valence-electron chi connectivity index (χ0n) is 20.0. The maximum atomic E-state index is 12.3. The van der Waals surface area contributed by atoms with Gasteiger partial charge in [0.1, 0.15) is 17.2 Å². The number of thioether (sulfide) groups is 1. The van der Waals surface area contributed by atoms with E-state index in [-0.39, 0.29) is 5.97 Å². The molecule has 0 fully saturated rings. The Bertz CT molecular complexity index is 1410. The molecule has 1 aliphatic heterocycles. The Hall–Kier alpha value is -4.04. The monoisotopic (exact) mass is 499 g/mol. The van der Waals surface area contributed by atoms with Crippen LogP contribution in [0.15, 0.2) is 71.9 Å². The average molecular weight is 500 g/mol. The third-order valence-electron chi connectivity index (χ3n) is 5.64. The zero-order chi connectivity index (χ0) is 24.9. The number of carbonyl (C=O) groups excluding carboxylic acids is 1. The van der Waals surface area contributed by atoms with Crippen LogP contribution in [0.4, 0.5) is 0 Å². The quantitative estimate of drug-likeness (QED) is 0.102. The number of rotatable bonds is 9. The highest BCUT2D eigenvalue weighted by atomic mass is 32.2. The number of esters is 1. The molecule has 1 aliphatic rings. The summed E-state index contributed by atoms with van der Waals surface area (Å²) in [5.41, 5.74) is 4.40.